The van der Waals surface area contributed by atoms with Crippen LogP contribution in [-0.2, 0) is 6.42 Å². The van der Waals surface area contributed by atoms with Gasteiger partial charge in [-0.3, -0.25) is 0 Å². The predicted octanol–water partition coefficient (Wildman–Crippen LogP) is 2.84. The SMILES string of the molecule is C[C@H](CCCO)NC(=O)N[C@@H](C)Cc1ccc(Br)cc1. The fraction of sp³-hybridized carbons (Fsp3) is 0.533. The molecule has 0 radical (unpaired) electrons. The molecular formula is C15H23BrN2O2. The molecular weight excluding hydrogens is 320 g/mol. The molecule has 4 nitrogen and oxygen atoms in total. The number of aliphatic hydroxyl groups is 1. The van der Waals surface area contributed by atoms with Gasteiger partial charge in [0.1, 0.15) is 0 Å². The predicted molar refractivity (Wildman–Crippen MR) is 84.8 cm³/mol. The van der Waals surface area contributed by atoms with Crippen molar-refractivity contribution in [2.24, 2.45) is 0 Å². The molecule has 0 fully saturated rings. The normalized spacial score (nSPS) is 13.6. The number of halogens is 1. The summed E-state index contributed by atoms with van der Waals surface area (Å²) >= 11 is 3.40. The maximum absolute atomic E-state index is 11.8. The smallest absolute Gasteiger partial charge is 0.315 e. The first kappa shape index (κ1) is 17.0. The van der Waals surface area contributed by atoms with Gasteiger partial charge in [-0.15, -0.1) is 0 Å². The van der Waals surface area contributed by atoms with Crippen LogP contribution in [-0.4, -0.2) is 29.8 Å². The lowest BCUT2D eigenvalue weighted by Crippen LogP contribution is -2.45. The third-order valence-electron chi connectivity index (χ3n) is 3.01. The first-order chi connectivity index (χ1) is 9.51. The lowest BCUT2D eigenvalue weighted by Gasteiger charge is -2.18. The molecule has 1 aromatic rings. The number of amides is 2. The Kier molecular flexibility index (Phi) is 7.62. The lowest BCUT2D eigenvalue weighted by molar-refractivity contribution is 0.231. The van der Waals surface area contributed by atoms with Crippen LogP contribution in [0.3, 0.4) is 0 Å². The summed E-state index contributed by atoms with van der Waals surface area (Å²) in [4.78, 5) is 11.8. The Labute approximate surface area is 129 Å². The number of carbonyl (C=O) groups is 1. The summed E-state index contributed by atoms with van der Waals surface area (Å²) in [6.45, 7) is 4.09. The molecule has 2 amide bonds. The van der Waals surface area contributed by atoms with Gasteiger partial charge in [-0.1, -0.05) is 28.1 Å². The lowest BCUT2D eigenvalue weighted by atomic mass is 10.1. The largest absolute Gasteiger partial charge is 0.396 e. The first-order valence-electron chi connectivity index (χ1n) is 6.93. The van der Waals surface area contributed by atoms with Crippen molar-refractivity contribution in [2.75, 3.05) is 6.61 Å². The molecule has 0 aliphatic heterocycles. The van der Waals surface area contributed by atoms with Crippen molar-refractivity contribution in [3.05, 3.63) is 34.3 Å². The Balaban J connectivity index is 2.32. The van der Waals surface area contributed by atoms with Crippen molar-refractivity contribution in [1.29, 1.82) is 0 Å². The molecule has 20 heavy (non-hydrogen) atoms. The average molecular weight is 343 g/mol. The third kappa shape index (κ3) is 6.91. The van der Waals surface area contributed by atoms with Gasteiger partial charge < -0.3 is 15.7 Å². The van der Waals surface area contributed by atoms with E-state index >= 15 is 0 Å². The van der Waals surface area contributed by atoms with E-state index in [1.807, 2.05) is 38.1 Å². The molecule has 0 saturated carbocycles. The van der Waals surface area contributed by atoms with E-state index in [2.05, 4.69) is 26.6 Å². The minimum atomic E-state index is -0.153. The van der Waals surface area contributed by atoms with Crippen molar-refractivity contribution in [3.63, 3.8) is 0 Å². The van der Waals surface area contributed by atoms with Crippen LogP contribution in [0.1, 0.15) is 32.3 Å². The second-order valence-electron chi connectivity index (χ2n) is 5.12. The Hall–Kier alpha value is -1.07. The van der Waals surface area contributed by atoms with E-state index in [-0.39, 0.29) is 24.7 Å². The van der Waals surface area contributed by atoms with Crippen LogP contribution >= 0.6 is 15.9 Å². The van der Waals surface area contributed by atoms with Gasteiger partial charge in [0.05, 0.1) is 0 Å². The average Bonchev–Trinajstić information content (AvgIpc) is 2.38. The van der Waals surface area contributed by atoms with E-state index in [1.165, 1.54) is 5.56 Å². The molecule has 0 bridgehead atoms. The summed E-state index contributed by atoms with van der Waals surface area (Å²) in [5, 5.41) is 14.5. The quantitative estimate of drug-likeness (QED) is 0.713. The minimum absolute atomic E-state index is 0.0706. The van der Waals surface area contributed by atoms with Gasteiger partial charge in [-0.2, -0.15) is 0 Å². The molecule has 112 valence electrons. The molecule has 3 N–H and O–H groups in total. The summed E-state index contributed by atoms with van der Waals surface area (Å²) in [6, 6.07) is 8.08. The molecule has 0 unspecified atom stereocenters. The number of carbonyl (C=O) groups excluding carboxylic acids is 1. The van der Waals surface area contributed by atoms with Crippen molar-refractivity contribution in [2.45, 2.75) is 45.2 Å². The highest BCUT2D eigenvalue weighted by atomic mass is 79.9. The van der Waals surface area contributed by atoms with Gasteiger partial charge >= 0.3 is 6.03 Å². The van der Waals surface area contributed by atoms with Crippen LogP contribution in [0, 0.1) is 0 Å². The van der Waals surface area contributed by atoms with Crippen molar-refractivity contribution < 1.29 is 9.90 Å². The summed E-state index contributed by atoms with van der Waals surface area (Å²) in [5.41, 5.74) is 1.19. The molecule has 5 heteroatoms. The van der Waals surface area contributed by atoms with Gasteiger partial charge in [0, 0.05) is 23.2 Å². The molecule has 0 aromatic heterocycles. The topological polar surface area (TPSA) is 61.4 Å². The second kappa shape index (κ2) is 8.97. The summed E-state index contributed by atoms with van der Waals surface area (Å²) in [7, 11) is 0. The fourth-order valence-corrected chi connectivity index (χ4v) is 2.25. The second-order valence-corrected chi connectivity index (χ2v) is 6.03. The van der Waals surface area contributed by atoms with Crippen LogP contribution < -0.4 is 10.6 Å². The Morgan fingerprint density at radius 2 is 1.80 bits per heavy atom. The first-order valence-corrected chi connectivity index (χ1v) is 7.73. The molecule has 1 aromatic carbocycles. The highest BCUT2D eigenvalue weighted by Gasteiger charge is 2.10. The van der Waals surface area contributed by atoms with Crippen LogP contribution in [0.25, 0.3) is 0 Å². The molecule has 0 heterocycles. The molecule has 2 atom stereocenters. The zero-order valence-electron chi connectivity index (χ0n) is 12.0. The summed E-state index contributed by atoms with van der Waals surface area (Å²) < 4.78 is 1.05. The Morgan fingerprint density at radius 1 is 1.20 bits per heavy atom. The van der Waals surface area contributed by atoms with Crippen molar-refractivity contribution >= 4 is 22.0 Å². The number of hydrogen-bond donors (Lipinski definition) is 3. The van der Waals surface area contributed by atoms with Crippen LogP contribution in [0.4, 0.5) is 4.79 Å². The van der Waals surface area contributed by atoms with E-state index in [0.29, 0.717) is 6.42 Å². The minimum Gasteiger partial charge on any atom is -0.396 e. The summed E-state index contributed by atoms with van der Waals surface area (Å²) in [6.07, 6.45) is 2.28. The maximum atomic E-state index is 11.8. The van der Waals surface area contributed by atoms with Crippen molar-refractivity contribution in [3.8, 4) is 0 Å². The number of aliphatic hydroxyl groups excluding tert-OH is 1. The van der Waals surface area contributed by atoms with Gasteiger partial charge in [0.25, 0.3) is 0 Å². The van der Waals surface area contributed by atoms with Crippen molar-refractivity contribution in [1.82, 2.24) is 10.6 Å². The number of urea groups is 1. The molecule has 0 aliphatic rings. The highest BCUT2D eigenvalue weighted by molar-refractivity contribution is 9.10. The van der Waals surface area contributed by atoms with Gasteiger partial charge in [0.2, 0.25) is 0 Å². The fourth-order valence-electron chi connectivity index (χ4n) is 1.98. The molecule has 0 saturated heterocycles. The van der Waals surface area contributed by atoms with E-state index in [9.17, 15) is 4.79 Å². The third-order valence-corrected chi connectivity index (χ3v) is 3.53. The van der Waals surface area contributed by atoms with E-state index in [1.54, 1.807) is 0 Å². The van der Waals surface area contributed by atoms with Gasteiger partial charge in [-0.25, -0.2) is 4.79 Å². The maximum Gasteiger partial charge on any atom is 0.315 e. The van der Waals surface area contributed by atoms with E-state index in [4.69, 9.17) is 5.11 Å². The van der Waals surface area contributed by atoms with E-state index < -0.39 is 0 Å². The highest BCUT2D eigenvalue weighted by Crippen LogP contribution is 2.11. The Bertz CT molecular complexity index is 409. The van der Waals surface area contributed by atoms with Crippen LogP contribution in [0.2, 0.25) is 0 Å². The Morgan fingerprint density at radius 3 is 2.40 bits per heavy atom. The van der Waals surface area contributed by atoms with Gasteiger partial charge in [0.15, 0.2) is 0 Å². The number of benzene rings is 1. The number of rotatable bonds is 7. The molecule has 0 spiro atoms. The summed E-state index contributed by atoms with van der Waals surface area (Å²) in [5.74, 6) is 0. The molecule has 0 aliphatic carbocycles. The number of nitrogens with one attached hydrogen (secondary N) is 2. The standard InChI is InChI=1S/C15H23BrN2O2/c1-11(4-3-9-19)17-15(20)18-12(2)10-13-5-7-14(16)8-6-13/h5-8,11-12,19H,3-4,9-10H2,1-2H3,(H2,17,18,20)/t11-,12+/m1/s1. The van der Waals surface area contributed by atoms with Crippen LogP contribution in [0.15, 0.2) is 28.7 Å². The van der Waals surface area contributed by atoms with Gasteiger partial charge in [-0.05, 0) is 50.8 Å². The number of hydrogen-bond acceptors (Lipinski definition) is 2. The zero-order valence-corrected chi connectivity index (χ0v) is 13.6. The monoisotopic (exact) mass is 342 g/mol. The molecule has 1 rings (SSSR count). The van der Waals surface area contributed by atoms with Crippen LogP contribution in [0.5, 0.6) is 0 Å². The zero-order chi connectivity index (χ0) is 15.0. The van der Waals surface area contributed by atoms with E-state index in [0.717, 1.165) is 17.3 Å².